The highest BCUT2D eigenvalue weighted by molar-refractivity contribution is 7.98. The zero-order valence-corrected chi connectivity index (χ0v) is 12.8. The normalized spacial score (nSPS) is 13.6. The lowest BCUT2D eigenvalue weighted by Crippen LogP contribution is -2.26. The molecule has 0 saturated carbocycles. The molecule has 0 spiro atoms. The summed E-state index contributed by atoms with van der Waals surface area (Å²) >= 11 is 1.64. The van der Waals surface area contributed by atoms with Crippen molar-refractivity contribution in [2.45, 2.75) is 17.9 Å². The van der Waals surface area contributed by atoms with Crippen LogP contribution in [0.3, 0.4) is 0 Å². The molecule has 1 aliphatic heterocycles. The summed E-state index contributed by atoms with van der Waals surface area (Å²) < 4.78 is 0. The van der Waals surface area contributed by atoms with Gasteiger partial charge in [0.1, 0.15) is 0 Å². The number of fused-ring (bicyclic) bond motifs is 1. The molecule has 1 heterocycles. The number of benzene rings is 2. The van der Waals surface area contributed by atoms with Crippen molar-refractivity contribution in [3.05, 3.63) is 59.2 Å². The van der Waals surface area contributed by atoms with Crippen molar-refractivity contribution in [1.29, 1.82) is 0 Å². The van der Waals surface area contributed by atoms with Crippen molar-refractivity contribution in [2.75, 3.05) is 18.1 Å². The highest BCUT2D eigenvalue weighted by atomic mass is 32.2. The van der Waals surface area contributed by atoms with Gasteiger partial charge in [-0.25, -0.2) is 0 Å². The van der Waals surface area contributed by atoms with Crippen LogP contribution in [0.5, 0.6) is 0 Å². The summed E-state index contributed by atoms with van der Waals surface area (Å²) in [6.45, 7) is 1.77. The fraction of sp³-hybridized carbons (Fsp3) is 0.235. The van der Waals surface area contributed by atoms with Crippen LogP contribution in [0.2, 0.25) is 0 Å². The average Bonchev–Trinajstić information content (AvgIpc) is 2.54. The van der Waals surface area contributed by atoms with Crippen LogP contribution in [0.25, 0.3) is 0 Å². The van der Waals surface area contributed by atoms with E-state index in [0.29, 0.717) is 0 Å². The van der Waals surface area contributed by atoms with Crippen LogP contribution in [0.4, 0.5) is 5.69 Å². The highest BCUT2D eigenvalue weighted by Gasteiger charge is 2.17. The monoisotopic (exact) mass is 298 g/mol. The first-order chi connectivity index (χ1) is 10.3. The molecule has 0 atom stereocenters. The van der Waals surface area contributed by atoms with Gasteiger partial charge < -0.3 is 10.6 Å². The van der Waals surface area contributed by atoms with Crippen molar-refractivity contribution in [1.82, 2.24) is 5.32 Å². The minimum absolute atomic E-state index is 0.0183. The molecule has 21 heavy (non-hydrogen) atoms. The Bertz CT molecular complexity index is 670. The second-order valence-electron chi connectivity index (χ2n) is 5.02. The van der Waals surface area contributed by atoms with Crippen molar-refractivity contribution in [2.24, 2.45) is 0 Å². The van der Waals surface area contributed by atoms with Gasteiger partial charge in [-0.05, 0) is 48.5 Å². The molecule has 2 N–H and O–H groups in total. The Labute approximate surface area is 129 Å². The van der Waals surface area contributed by atoms with Crippen LogP contribution in [-0.4, -0.2) is 18.7 Å². The first kappa shape index (κ1) is 14.2. The van der Waals surface area contributed by atoms with E-state index in [4.69, 9.17) is 0 Å². The van der Waals surface area contributed by atoms with E-state index in [-0.39, 0.29) is 5.91 Å². The van der Waals surface area contributed by atoms with Crippen LogP contribution >= 0.6 is 11.8 Å². The Hall–Kier alpha value is -1.78. The van der Waals surface area contributed by atoms with Crippen LogP contribution < -0.4 is 10.6 Å². The highest BCUT2D eigenvalue weighted by Crippen LogP contribution is 2.26. The Morgan fingerprint density at radius 3 is 2.90 bits per heavy atom. The topological polar surface area (TPSA) is 41.1 Å². The molecular weight excluding hydrogens is 280 g/mol. The Morgan fingerprint density at radius 1 is 1.19 bits per heavy atom. The van der Waals surface area contributed by atoms with Gasteiger partial charge in [-0.15, -0.1) is 11.8 Å². The summed E-state index contributed by atoms with van der Waals surface area (Å²) in [5, 5.41) is 6.39. The fourth-order valence-electron chi connectivity index (χ4n) is 2.68. The molecule has 0 saturated heterocycles. The van der Waals surface area contributed by atoms with Crippen LogP contribution in [0.1, 0.15) is 21.5 Å². The number of rotatable bonds is 3. The summed E-state index contributed by atoms with van der Waals surface area (Å²) in [6.07, 6.45) is 2.92. The molecule has 3 rings (SSSR count). The van der Waals surface area contributed by atoms with Gasteiger partial charge in [0.15, 0.2) is 0 Å². The summed E-state index contributed by atoms with van der Waals surface area (Å²) in [7, 11) is 0. The van der Waals surface area contributed by atoms with Gasteiger partial charge in [-0.1, -0.05) is 24.3 Å². The SMILES string of the molecule is CSc1ccccc1NC(=O)c1cccc2c1CCNC2. The lowest BCUT2D eigenvalue weighted by molar-refractivity contribution is 0.102. The maximum atomic E-state index is 12.6. The Morgan fingerprint density at radius 2 is 2.05 bits per heavy atom. The molecule has 3 nitrogen and oxygen atoms in total. The number of nitrogens with one attached hydrogen (secondary N) is 2. The molecule has 0 radical (unpaired) electrons. The third-order valence-corrected chi connectivity index (χ3v) is 4.54. The molecule has 0 bridgehead atoms. The fourth-order valence-corrected chi connectivity index (χ4v) is 3.24. The van der Waals surface area contributed by atoms with Gasteiger partial charge in [-0.3, -0.25) is 4.79 Å². The standard InChI is InChI=1S/C17H18N2OS/c1-21-16-8-3-2-7-15(16)19-17(20)14-6-4-5-12-11-18-10-9-13(12)14/h2-8,18H,9-11H2,1H3,(H,19,20). The van der Waals surface area contributed by atoms with E-state index in [1.165, 1.54) is 11.1 Å². The summed E-state index contributed by atoms with van der Waals surface area (Å²) in [4.78, 5) is 13.7. The zero-order valence-electron chi connectivity index (χ0n) is 12.0. The lowest BCUT2D eigenvalue weighted by atomic mass is 9.95. The summed E-state index contributed by atoms with van der Waals surface area (Å²) in [6, 6.07) is 13.9. The third-order valence-electron chi connectivity index (χ3n) is 3.74. The minimum atomic E-state index is -0.0183. The molecule has 1 aliphatic rings. The number of hydrogen-bond donors (Lipinski definition) is 2. The van der Waals surface area contributed by atoms with E-state index >= 15 is 0 Å². The van der Waals surface area contributed by atoms with Gasteiger partial charge in [0.2, 0.25) is 0 Å². The first-order valence-electron chi connectivity index (χ1n) is 7.05. The predicted molar refractivity (Wildman–Crippen MR) is 88.0 cm³/mol. The van der Waals surface area contributed by atoms with E-state index in [9.17, 15) is 4.79 Å². The number of hydrogen-bond acceptors (Lipinski definition) is 3. The zero-order chi connectivity index (χ0) is 14.7. The van der Waals surface area contributed by atoms with Crippen molar-refractivity contribution >= 4 is 23.4 Å². The van der Waals surface area contributed by atoms with Gasteiger partial charge in [0, 0.05) is 17.0 Å². The number of anilines is 1. The van der Waals surface area contributed by atoms with Crippen molar-refractivity contribution < 1.29 is 4.79 Å². The number of amides is 1. The van der Waals surface area contributed by atoms with Gasteiger partial charge in [0.25, 0.3) is 5.91 Å². The molecule has 2 aromatic carbocycles. The summed E-state index contributed by atoms with van der Waals surface area (Å²) in [5.74, 6) is -0.0183. The van der Waals surface area contributed by atoms with E-state index < -0.39 is 0 Å². The summed E-state index contributed by atoms with van der Waals surface area (Å²) in [5.41, 5.74) is 4.08. The van der Waals surface area contributed by atoms with Crippen LogP contribution in [-0.2, 0) is 13.0 Å². The molecule has 0 fully saturated rings. The molecular formula is C17H18N2OS. The minimum Gasteiger partial charge on any atom is -0.321 e. The largest absolute Gasteiger partial charge is 0.321 e. The van der Waals surface area contributed by atoms with E-state index in [0.717, 1.165) is 35.7 Å². The number of carbonyl (C=O) groups is 1. The first-order valence-corrected chi connectivity index (χ1v) is 8.28. The van der Waals surface area contributed by atoms with Crippen molar-refractivity contribution in [3.8, 4) is 0 Å². The quantitative estimate of drug-likeness (QED) is 0.854. The van der Waals surface area contributed by atoms with E-state index in [1.807, 2.05) is 42.7 Å². The second-order valence-corrected chi connectivity index (χ2v) is 5.87. The molecule has 2 aromatic rings. The van der Waals surface area contributed by atoms with Crippen molar-refractivity contribution in [3.63, 3.8) is 0 Å². The third kappa shape index (κ3) is 2.96. The number of carbonyl (C=O) groups excluding carboxylic acids is 1. The molecule has 0 aromatic heterocycles. The Balaban J connectivity index is 1.89. The number of thioether (sulfide) groups is 1. The van der Waals surface area contributed by atoms with Crippen LogP contribution in [0, 0.1) is 0 Å². The number of para-hydroxylation sites is 1. The Kier molecular flexibility index (Phi) is 4.27. The maximum absolute atomic E-state index is 12.6. The molecule has 0 aliphatic carbocycles. The molecule has 4 heteroatoms. The maximum Gasteiger partial charge on any atom is 0.255 e. The predicted octanol–water partition coefficient (Wildman–Crippen LogP) is 3.31. The second kappa shape index (κ2) is 6.33. The average molecular weight is 298 g/mol. The van der Waals surface area contributed by atoms with E-state index in [2.05, 4.69) is 16.7 Å². The van der Waals surface area contributed by atoms with Gasteiger partial charge >= 0.3 is 0 Å². The smallest absolute Gasteiger partial charge is 0.255 e. The molecule has 108 valence electrons. The van der Waals surface area contributed by atoms with Gasteiger partial charge in [-0.2, -0.15) is 0 Å². The molecule has 1 amide bonds. The van der Waals surface area contributed by atoms with E-state index in [1.54, 1.807) is 11.8 Å². The lowest BCUT2D eigenvalue weighted by Gasteiger charge is -2.20. The van der Waals surface area contributed by atoms with Crippen LogP contribution in [0.15, 0.2) is 47.4 Å². The molecule has 0 unspecified atom stereocenters. The van der Waals surface area contributed by atoms with Gasteiger partial charge in [0.05, 0.1) is 5.69 Å².